The van der Waals surface area contributed by atoms with Crippen molar-refractivity contribution in [1.29, 1.82) is 0 Å². The highest BCUT2D eigenvalue weighted by Crippen LogP contribution is 2.24. The van der Waals surface area contributed by atoms with E-state index in [0.717, 1.165) is 36.1 Å². The first-order valence-corrected chi connectivity index (χ1v) is 12.5. The Morgan fingerprint density at radius 1 is 0.778 bits per heavy atom. The Morgan fingerprint density at radius 3 is 1.94 bits per heavy atom. The van der Waals surface area contributed by atoms with Gasteiger partial charge in [0.05, 0.1) is 17.2 Å². The Morgan fingerprint density at radius 2 is 1.33 bits per heavy atom. The van der Waals surface area contributed by atoms with Crippen LogP contribution in [0.2, 0.25) is 0 Å². The molecule has 0 heterocycles. The van der Waals surface area contributed by atoms with E-state index in [9.17, 15) is 9.59 Å². The number of carbonyl (C=O) groups excluding carboxylic acids is 2. The SMILES string of the molecule is C=CCOc1ccc(-c2ccc(C(=O)Oc3ccc(C(=O)O[C@H](C)CCCCCC)cc3)cc2)cc1. The van der Waals surface area contributed by atoms with E-state index in [1.54, 1.807) is 42.5 Å². The van der Waals surface area contributed by atoms with Crippen LogP contribution in [0.25, 0.3) is 11.1 Å². The molecule has 0 N–H and O–H groups in total. The number of benzene rings is 3. The average Bonchev–Trinajstić information content (AvgIpc) is 2.90. The minimum Gasteiger partial charge on any atom is -0.490 e. The maximum Gasteiger partial charge on any atom is 0.343 e. The predicted octanol–water partition coefficient (Wildman–Crippen LogP) is 7.65. The molecule has 5 heteroatoms. The van der Waals surface area contributed by atoms with Gasteiger partial charge in [0, 0.05) is 0 Å². The number of hydrogen-bond donors (Lipinski definition) is 0. The highest BCUT2D eigenvalue weighted by molar-refractivity contribution is 5.92. The Balaban J connectivity index is 1.52. The molecular weight excluding hydrogens is 452 g/mol. The van der Waals surface area contributed by atoms with E-state index in [2.05, 4.69) is 13.5 Å². The van der Waals surface area contributed by atoms with Gasteiger partial charge in [-0.1, -0.05) is 63.1 Å². The maximum absolute atomic E-state index is 12.6. The van der Waals surface area contributed by atoms with E-state index in [0.29, 0.717) is 23.5 Å². The van der Waals surface area contributed by atoms with Crippen LogP contribution in [0.4, 0.5) is 0 Å². The summed E-state index contributed by atoms with van der Waals surface area (Å²) in [5.41, 5.74) is 2.86. The molecule has 0 amide bonds. The van der Waals surface area contributed by atoms with Gasteiger partial charge in [0.15, 0.2) is 0 Å². The first-order valence-electron chi connectivity index (χ1n) is 12.5. The molecule has 0 saturated carbocycles. The molecule has 188 valence electrons. The van der Waals surface area contributed by atoms with Gasteiger partial charge < -0.3 is 14.2 Å². The molecule has 0 aliphatic heterocycles. The van der Waals surface area contributed by atoms with Crippen molar-refractivity contribution in [2.45, 2.75) is 52.1 Å². The van der Waals surface area contributed by atoms with Crippen LogP contribution >= 0.6 is 0 Å². The lowest BCUT2D eigenvalue weighted by Gasteiger charge is -2.13. The number of ether oxygens (including phenoxy) is 3. The van der Waals surface area contributed by atoms with E-state index < -0.39 is 5.97 Å². The molecule has 0 spiro atoms. The highest BCUT2D eigenvalue weighted by Gasteiger charge is 2.14. The fraction of sp³-hybridized carbons (Fsp3) is 0.290. The molecule has 0 saturated heterocycles. The molecule has 0 bridgehead atoms. The fourth-order valence-corrected chi connectivity index (χ4v) is 3.69. The van der Waals surface area contributed by atoms with Crippen molar-refractivity contribution in [2.24, 2.45) is 0 Å². The first-order chi connectivity index (χ1) is 17.5. The number of esters is 2. The minimum absolute atomic E-state index is 0.127. The zero-order valence-electron chi connectivity index (χ0n) is 21.1. The molecule has 0 radical (unpaired) electrons. The van der Waals surface area contributed by atoms with E-state index in [1.165, 1.54) is 12.8 Å². The van der Waals surface area contributed by atoms with E-state index in [-0.39, 0.29) is 12.1 Å². The molecule has 5 nitrogen and oxygen atoms in total. The van der Waals surface area contributed by atoms with Crippen molar-refractivity contribution >= 4 is 11.9 Å². The summed E-state index contributed by atoms with van der Waals surface area (Å²) in [6.45, 7) is 8.19. The monoisotopic (exact) mass is 486 g/mol. The summed E-state index contributed by atoms with van der Waals surface area (Å²) in [6.07, 6.45) is 7.01. The van der Waals surface area contributed by atoms with Gasteiger partial charge in [0.1, 0.15) is 18.1 Å². The summed E-state index contributed by atoms with van der Waals surface area (Å²) in [6, 6.07) is 21.4. The lowest BCUT2D eigenvalue weighted by Crippen LogP contribution is -2.15. The normalized spacial score (nSPS) is 11.4. The Kier molecular flexibility index (Phi) is 10.3. The largest absolute Gasteiger partial charge is 0.490 e. The van der Waals surface area contributed by atoms with Gasteiger partial charge in [0.25, 0.3) is 0 Å². The summed E-state index contributed by atoms with van der Waals surface area (Å²) in [5.74, 6) is 0.302. The van der Waals surface area contributed by atoms with Crippen molar-refractivity contribution in [3.8, 4) is 22.6 Å². The summed E-state index contributed by atoms with van der Waals surface area (Å²) in [5, 5.41) is 0. The van der Waals surface area contributed by atoms with Crippen molar-refractivity contribution in [3.63, 3.8) is 0 Å². The standard InChI is InChI=1S/C31H34O5/c1-4-6-7-8-9-23(3)35-30(32)27-16-20-29(21-17-27)36-31(33)26-12-10-24(11-13-26)25-14-18-28(19-15-25)34-22-5-2/h5,10-21,23H,2,4,6-9,22H2,1,3H3/t23-/m1/s1. The van der Waals surface area contributed by atoms with Crippen LogP contribution in [0.1, 0.15) is 66.7 Å². The van der Waals surface area contributed by atoms with Crippen LogP contribution in [0.5, 0.6) is 11.5 Å². The molecule has 3 rings (SSSR count). The Labute approximate surface area is 213 Å². The van der Waals surface area contributed by atoms with Crippen LogP contribution in [0, 0.1) is 0 Å². The second-order valence-electron chi connectivity index (χ2n) is 8.68. The topological polar surface area (TPSA) is 61.8 Å². The summed E-state index contributed by atoms with van der Waals surface area (Å²) in [7, 11) is 0. The molecule has 0 aliphatic carbocycles. The van der Waals surface area contributed by atoms with Crippen LogP contribution < -0.4 is 9.47 Å². The number of hydrogen-bond acceptors (Lipinski definition) is 5. The number of carbonyl (C=O) groups is 2. The van der Waals surface area contributed by atoms with E-state index in [4.69, 9.17) is 14.2 Å². The lowest BCUT2D eigenvalue weighted by atomic mass is 10.0. The zero-order valence-corrected chi connectivity index (χ0v) is 21.1. The van der Waals surface area contributed by atoms with E-state index >= 15 is 0 Å². The van der Waals surface area contributed by atoms with Gasteiger partial charge in [-0.3, -0.25) is 0 Å². The molecule has 0 aromatic heterocycles. The second kappa shape index (κ2) is 13.9. The Bertz CT molecular complexity index is 1120. The van der Waals surface area contributed by atoms with Gasteiger partial charge >= 0.3 is 11.9 Å². The van der Waals surface area contributed by atoms with Gasteiger partial charge in [-0.05, 0) is 79.4 Å². The summed E-state index contributed by atoms with van der Waals surface area (Å²) < 4.78 is 16.5. The zero-order chi connectivity index (χ0) is 25.8. The molecule has 1 atom stereocenters. The van der Waals surface area contributed by atoms with Gasteiger partial charge in [-0.15, -0.1) is 0 Å². The molecule has 0 fully saturated rings. The van der Waals surface area contributed by atoms with Crippen molar-refractivity contribution in [3.05, 3.63) is 96.6 Å². The van der Waals surface area contributed by atoms with Crippen molar-refractivity contribution in [2.75, 3.05) is 6.61 Å². The first kappa shape index (κ1) is 26.7. The van der Waals surface area contributed by atoms with Gasteiger partial charge in [-0.2, -0.15) is 0 Å². The Hall–Kier alpha value is -3.86. The predicted molar refractivity (Wildman–Crippen MR) is 143 cm³/mol. The molecule has 0 unspecified atom stereocenters. The van der Waals surface area contributed by atoms with Crippen LogP contribution in [-0.2, 0) is 4.74 Å². The van der Waals surface area contributed by atoms with Gasteiger partial charge in [-0.25, -0.2) is 9.59 Å². The molecule has 3 aromatic carbocycles. The molecule has 36 heavy (non-hydrogen) atoms. The van der Waals surface area contributed by atoms with Crippen LogP contribution in [0.3, 0.4) is 0 Å². The maximum atomic E-state index is 12.6. The third kappa shape index (κ3) is 8.12. The second-order valence-corrected chi connectivity index (χ2v) is 8.68. The van der Waals surface area contributed by atoms with Gasteiger partial charge in [0.2, 0.25) is 0 Å². The average molecular weight is 487 g/mol. The summed E-state index contributed by atoms with van der Waals surface area (Å²) >= 11 is 0. The van der Waals surface area contributed by atoms with E-state index in [1.807, 2.05) is 43.3 Å². The third-order valence-electron chi connectivity index (χ3n) is 5.75. The lowest BCUT2D eigenvalue weighted by molar-refractivity contribution is 0.0319. The fourth-order valence-electron chi connectivity index (χ4n) is 3.69. The quantitative estimate of drug-likeness (QED) is 0.107. The smallest absolute Gasteiger partial charge is 0.343 e. The van der Waals surface area contributed by atoms with Crippen molar-refractivity contribution < 1.29 is 23.8 Å². The molecular formula is C31H34O5. The number of unbranched alkanes of at least 4 members (excludes halogenated alkanes) is 3. The highest BCUT2D eigenvalue weighted by atomic mass is 16.5. The van der Waals surface area contributed by atoms with Crippen molar-refractivity contribution in [1.82, 2.24) is 0 Å². The number of rotatable bonds is 13. The minimum atomic E-state index is -0.467. The molecule has 0 aliphatic rings. The summed E-state index contributed by atoms with van der Waals surface area (Å²) in [4.78, 5) is 25.0. The molecule has 3 aromatic rings. The van der Waals surface area contributed by atoms with Crippen LogP contribution in [-0.4, -0.2) is 24.6 Å². The van der Waals surface area contributed by atoms with Crippen LogP contribution in [0.15, 0.2) is 85.5 Å². The third-order valence-corrected chi connectivity index (χ3v) is 5.75.